The van der Waals surface area contributed by atoms with Crippen molar-refractivity contribution in [3.63, 3.8) is 0 Å². The highest BCUT2D eigenvalue weighted by Crippen LogP contribution is 2.60. The lowest BCUT2D eigenvalue weighted by Crippen LogP contribution is -2.54. The molecule has 2 amide bonds. The van der Waals surface area contributed by atoms with Gasteiger partial charge in [0, 0.05) is 23.7 Å². The number of alkyl halides is 1. The summed E-state index contributed by atoms with van der Waals surface area (Å²) in [5.74, 6) is -1.88. The Labute approximate surface area is 213 Å². The van der Waals surface area contributed by atoms with Gasteiger partial charge in [0.2, 0.25) is 11.8 Å². The van der Waals surface area contributed by atoms with Crippen molar-refractivity contribution >= 4 is 39.4 Å². The molecule has 4 rings (SSSR count). The van der Waals surface area contributed by atoms with Crippen molar-refractivity contribution in [3.8, 4) is 5.75 Å². The zero-order valence-electron chi connectivity index (χ0n) is 20.1. The highest BCUT2D eigenvalue weighted by atomic mass is 79.9. The lowest BCUT2D eigenvalue weighted by molar-refractivity contribution is -0.154. The number of esters is 1. The van der Waals surface area contributed by atoms with Crippen molar-refractivity contribution < 1.29 is 33.7 Å². The number of nitrogens with zero attached hydrogens (tertiary/aromatic N) is 1. The molecule has 2 N–H and O–H groups in total. The minimum absolute atomic E-state index is 0.129. The van der Waals surface area contributed by atoms with Crippen molar-refractivity contribution in [2.45, 2.75) is 61.6 Å². The van der Waals surface area contributed by atoms with Crippen LogP contribution in [0.15, 0.2) is 24.3 Å². The number of ether oxygens (including phenoxy) is 3. The Bertz CT molecular complexity index is 942. The molecule has 3 heterocycles. The normalized spacial score (nSPS) is 30.9. The Morgan fingerprint density at radius 1 is 1.23 bits per heavy atom. The molecule has 3 aliphatic rings. The average Bonchev–Trinajstić information content (AvgIpc) is 3.43. The van der Waals surface area contributed by atoms with Crippen LogP contribution in [0, 0.1) is 11.8 Å². The number of anilines is 1. The van der Waals surface area contributed by atoms with Crippen LogP contribution in [0.3, 0.4) is 0 Å². The molecule has 2 bridgehead atoms. The van der Waals surface area contributed by atoms with Crippen LogP contribution in [0.2, 0.25) is 0 Å². The van der Waals surface area contributed by atoms with Crippen LogP contribution in [-0.2, 0) is 23.9 Å². The van der Waals surface area contributed by atoms with Gasteiger partial charge < -0.3 is 29.5 Å². The number of aliphatic hydroxyl groups excluding tert-OH is 1. The van der Waals surface area contributed by atoms with Crippen LogP contribution in [0.5, 0.6) is 5.75 Å². The van der Waals surface area contributed by atoms with Crippen LogP contribution in [0.25, 0.3) is 0 Å². The summed E-state index contributed by atoms with van der Waals surface area (Å²) in [5, 5.41) is 12.0. The van der Waals surface area contributed by atoms with Crippen molar-refractivity contribution in [1.29, 1.82) is 0 Å². The first-order chi connectivity index (χ1) is 16.9. The molecule has 9 nitrogen and oxygen atoms in total. The summed E-state index contributed by atoms with van der Waals surface area (Å²) >= 11 is 3.63. The highest BCUT2D eigenvalue weighted by Gasteiger charge is 2.76. The molecule has 0 aliphatic carbocycles. The average molecular weight is 553 g/mol. The van der Waals surface area contributed by atoms with Crippen molar-refractivity contribution in [2.24, 2.45) is 11.8 Å². The molecule has 10 heteroatoms. The van der Waals surface area contributed by atoms with Crippen LogP contribution < -0.4 is 10.1 Å². The van der Waals surface area contributed by atoms with E-state index in [0.717, 1.165) is 12.8 Å². The van der Waals surface area contributed by atoms with Crippen molar-refractivity contribution in [1.82, 2.24) is 4.90 Å². The molecule has 1 spiro atoms. The third kappa shape index (κ3) is 4.68. The maximum absolute atomic E-state index is 13.8. The summed E-state index contributed by atoms with van der Waals surface area (Å²) in [6.07, 6.45) is 2.97. The zero-order chi connectivity index (χ0) is 25.2. The summed E-state index contributed by atoms with van der Waals surface area (Å²) in [7, 11) is 1.57. The van der Waals surface area contributed by atoms with E-state index in [1.165, 1.54) is 0 Å². The molecule has 35 heavy (non-hydrogen) atoms. The van der Waals surface area contributed by atoms with Crippen LogP contribution in [0.4, 0.5) is 5.69 Å². The van der Waals surface area contributed by atoms with Crippen molar-refractivity contribution in [3.05, 3.63) is 24.3 Å². The SMILES string of the molecule is CCOC(=O)[C@H]1[C@@H]2OC3(CC2Br)C(C(=O)Nc2ccc(OC)cc2)N(CCCCCCO)C(=O)[C@H]13. The molecule has 1 aromatic carbocycles. The predicted octanol–water partition coefficient (Wildman–Crippen LogP) is 2.50. The van der Waals surface area contributed by atoms with E-state index in [-0.39, 0.29) is 29.9 Å². The fraction of sp³-hybridized carbons (Fsp3) is 0.640. The molecule has 3 aliphatic heterocycles. The smallest absolute Gasteiger partial charge is 0.312 e. The zero-order valence-corrected chi connectivity index (χ0v) is 21.7. The highest BCUT2D eigenvalue weighted by molar-refractivity contribution is 9.09. The van der Waals surface area contributed by atoms with E-state index in [4.69, 9.17) is 19.3 Å². The van der Waals surface area contributed by atoms with Gasteiger partial charge in [-0.25, -0.2) is 0 Å². The number of unbranched alkanes of at least 4 members (excludes halogenated alkanes) is 3. The second-order valence-electron chi connectivity index (χ2n) is 9.30. The van der Waals surface area contributed by atoms with Gasteiger partial charge in [-0.3, -0.25) is 14.4 Å². The number of fused-ring (bicyclic) bond motifs is 1. The number of halogens is 1. The van der Waals surface area contributed by atoms with Gasteiger partial charge in [0.15, 0.2) is 0 Å². The van der Waals surface area contributed by atoms with E-state index in [9.17, 15) is 14.4 Å². The Morgan fingerprint density at radius 2 is 1.94 bits per heavy atom. The molecule has 0 aromatic heterocycles. The molecule has 192 valence electrons. The summed E-state index contributed by atoms with van der Waals surface area (Å²) < 4.78 is 16.9. The van der Waals surface area contributed by atoms with Gasteiger partial charge in [0.05, 0.1) is 31.7 Å². The molecular formula is C25H33BrN2O7. The number of carbonyl (C=O) groups excluding carboxylic acids is 3. The molecule has 1 aromatic rings. The Kier molecular flexibility index (Phi) is 8.02. The summed E-state index contributed by atoms with van der Waals surface area (Å²) in [4.78, 5) is 41.8. The lowest BCUT2D eigenvalue weighted by atomic mass is 9.70. The van der Waals surface area contributed by atoms with E-state index >= 15 is 0 Å². The van der Waals surface area contributed by atoms with Crippen LogP contribution >= 0.6 is 15.9 Å². The van der Waals surface area contributed by atoms with Crippen molar-refractivity contribution in [2.75, 3.05) is 32.2 Å². The number of likely N-dealkylation sites (tertiary alicyclic amines) is 1. The van der Waals surface area contributed by atoms with Gasteiger partial charge in [-0.05, 0) is 50.5 Å². The van der Waals surface area contributed by atoms with Gasteiger partial charge in [0.25, 0.3) is 0 Å². The van der Waals surface area contributed by atoms with Gasteiger partial charge in [-0.1, -0.05) is 28.8 Å². The Morgan fingerprint density at radius 3 is 2.60 bits per heavy atom. The molecule has 6 atom stereocenters. The molecule has 3 unspecified atom stereocenters. The quantitative estimate of drug-likeness (QED) is 0.246. The van der Waals surface area contributed by atoms with Gasteiger partial charge >= 0.3 is 5.97 Å². The second kappa shape index (κ2) is 10.8. The summed E-state index contributed by atoms with van der Waals surface area (Å²) in [6.45, 7) is 2.44. The summed E-state index contributed by atoms with van der Waals surface area (Å²) in [6, 6.07) is 6.11. The topological polar surface area (TPSA) is 114 Å². The minimum atomic E-state index is -1.10. The van der Waals surface area contributed by atoms with E-state index in [0.29, 0.717) is 37.2 Å². The maximum Gasteiger partial charge on any atom is 0.312 e. The minimum Gasteiger partial charge on any atom is -0.497 e. The molecule has 0 radical (unpaired) electrons. The second-order valence-corrected chi connectivity index (χ2v) is 10.5. The standard InChI is InChI=1S/C25H33BrN2O7/c1-3-34-24(32)18-19-23(31)28(12-6-4-5-7-13-29)21(25(19)14-17(26)20(18)35-25)22(30)27-15-8-10-16(33-2)11-9-15/h8-11,17-21,29H,3-7,12-14H2,1-2H3,(H,27,30)/t17?,18-,19+,20-,21?,25?/m1/s1. The number of hydrogen-bond acceptors (Lipinski definition) is 7. The monoisotopic (exact) mass is 552 g/mol. The van der Waals surface area contributed by atoms with Crippen LogP contribution in [0.1, 0.15) is 39.0 Å². The van der Waals surface area contributed by atoms with Gasteiger partial charge in [0.1, 0.15) is 17.4 Å². The fourth-order valence-corrected chi connectivity index (χ4v) is 6.75. The van der Waals surface area contributed by atoms with Gasteiger partial charge in [-0.2, -0.15) is 0 Å². The third-order valence-electron chi connectivity index (χ3n) is 7.26. The van der Waals surface area contributed by atoms with E-state index in [1.54, 1.807) is 43.2 Å². The number of hydrogen-bond donors (Lipinski definition) is 2. The molecule has 0 saturated carbocycles. The predicted molar refractivity (Wildman–Crippen MR) is 131 cm³/mol. The number of carbonyl (C=O) groups is 3. The Balaban J connectivity index is 1.62. The lowest BCUT2D eigenvalue weighted by Gasteiger charge is -2.34. The number of amides is 2. The largest absolute Gasteiger partial charge is 0.497 e. The molecule has 3 fully saturated rings. The number of rotatable bonds is 11. The number of methoxy groups -OCH3 is 1. The number of nitrogens with one attached hydrogen (secondary N) is 1. The maximum atomic E-state index is 13.8. The molecule has 3 saturated heterocycles. The van der Waals surface area contributed by atoms with E-state index < -0.39 is 35.6 Å². The number of benzene rings is 1. The van der Waals surface area contributed by atoms with E-state index in [1.807, 2.05) is 0 Å². The first-order valence-corrected chi connectivity index (χ1v) is 13.1. The van der Waals surface area contributed by atoms with E-state index in [2.05, 4.69) is 21.2 Å². The Hall–Kier alpha value is -2.17. The van der Waals surface area contributed by atoms with Crippen LogP contribution in [-0.4, -0.2) is 77.2 Å². The molecular weight excluding hydrogens is 520 g/mol. The fourth-order valence-electron chi connectivity index (χ4n) is 5.81. The third-order valence-corrected chi connectivity index (χ3v) is 8.11. The van der Waals surface area contributed by atoms with Gasteiger partial charge in [-0.15, -0.1) is 0 Å². The number of aliphatic hydroxyl groups is 1. The first-order valence-electron chi connectivity index (χ1n) is 12.2. The summed E-state index contributed by atoms with van der Waals surface area (Å²) in [5.41, 5.74) is -0.523. The first kappa shape index (κ1) is 25.9.